The van der Waals surface area contributed by atoms with E-state index in [1.54, 1.807) is 49.6 Å². The molecule has 3 rings (SSSR count). The zero-order valence-corrected chi connectivity index (χ0v) is 19.6. The molecule has 1 aliphatic rings. The van der Waals surface area contributed by atoms with Crippen LogP contribution in [-0.2, 0) is 19.6 Å². The van der Waals surface area contributed by atoms with Gasteiger partial charge in [0.15, 0.2) is 0 Å². The van der Waals surface area contributed by atoms with E-state index in [-0.39, 0.29) is 17.3 Å². The molecule has 33 heavy (non-hydrogen) atoms. The Morgan fingerprint density at radius 3 is 2.39 bits per heavy atom. The number of nitrogens with zero attached hydrogens (tertiary/aromatic N) is 3. The van der Waals surface area contributed by atoms with Gasteiger partial charge in [-0.1, -0.05) is 18.2 Å². The smallest absolute Gasteiger partial charge is 0.265 e. The molecule has 1 aliphatic heterocycles. The molecule has 0 unspecified atom stereocenters. The van der Waals surface area contributed by atoms with Gasteiger partial charge in [0, 0.05) is 31.8 Å². The van der Waals surface area contributed by atoms with Crippen molar-refractivity contribution in [2.45, 2.75) is 11.3 Å². The summed E-state index contributed by atoms with van der Waals surface area (Å²) in [5.41, 5.74) is 0.649. The van der Waals surface area contributed by atoms with Crippen molar-refractivity contribution in [1.82, 2.24) is 14.3 Å². The second-order valence-corrected chi connectivity index (χ2v) is 9.39. The number of likely N-dealkylation sites (N-methyl/N-ethyl adjacent to an activating group) is 1. The Balaban J connectivity index is 1.71. The predicted octanol–water partition coefficient (Wildman–Crippen LogP) is 2.01. The third kappa shape index (κ3) is 5.52. The Kier molecular flexibility index (Phi) is 7.72. The highest BCUT2D eigenvalue weighted by atomic mass is 32.2. The van der Waals surface area contributed by atoms with Crippen molar-refractivity contribution >= 4 is 27.9 Å². The van der Waals surface area contributed by atoms with Crippen molar-refractivity contribution in [3.05, 3.63) is 60.2 Å². The summed E-state index contributed by atoms with van der Waals surface area (Å²) in [4.78, 5) is 25.8. The molecule has 0 spiro atoms. The second kappa shape index (κ2) is 10.5. The standard InChI is InChI=1S/C23H27N3O6S/c1-24(33(29,30)20-8-5-4-6-9-20)17-23(28)26-15-7-14-25(26)22(27)13-10-18-16-19(31-2)11-12-21(18)32-3/h4-6,8-13,16H,7,14-15,17H2,1-3H3/b13-10+. The molecule has 1 fully saturated rings. The number of benzene rings is 2. The number of amides is 2. The molecule has 176 valence electrons. The minimum Gasteiger partial charge on any atom is -0.497 e. The van der Waals surface area contributed by atoms with Crippen LogP contribution in [0.5, 0.6) is 11.5 Å². The average Bonchev–Trinajstić information content (AvgIpc) is 3.33. The lowest BCUT2D eigenvalue weighted by Crippen LogP contribution is -2.48. The van der Waals surface area contributed by atoms with Crippen LogP contribution in [0.3, 0.4) is 0 Å². The van der Waals surface area contributed by atoms with Gasteiger partial charge in [-0.15, -0.1) is 0 Å². The zero-order chi connectivity index (χ0) is 24.0. The maximum atomic E-state index is 12.9. The van der Waals surface area contributed by atoms with Crippen LogP contribution in [0.1, 0.15) is 12.0 Å². The first kappa shape index (κ1) is 24.3. The lowest BCUT2D eigenvalue weighted by atomic mass is 10.1. The van der Waals surface area contributed by atoms with Crippen molar-refractivity contribution in [3.63, 3.8) is 0 Å². The van der Waals surface area contributed by atoms with Gasteiger partial charge in [-0.2, -0.15) is 4.31 Å². The molecule has 0 saturated carbocycles. The zero-order valence-electron chi connectivity index (χ0n) is 18.8. The van der Waals surface area contributed by atoms with E-state index in [1.165, 1.54) is 42.4 Å². The Morgan fingerprint density at radius 1 is 1.03 bits per heavy atom. The van der Waals surface area contributed by atoms with E-state index >= 15 is 0 Å². The molecule has 2 aromatic rings. The molecule has 1 saturated heterocycles. The second-order valence-electron chi connectivity index (χ2n) is 7.35. The Morgan fingerprint density at radius 2 is 1.73 bits per heavy atom. The van der Waals surface area contributed by atoms with E-state index in [4.69, 9.17) is 9.47 Å². The first-order chi connectivity index (χ1) is 15.8. The summed E-state index contributed by atoms with van der Waals surface area (Å²) in [6, 6.07) is 13.1. The number of carbonyl (C=O) groups is 2. The number of hydrogen-bond acceptors (Lipinski definition) is 6. The molecule has 9 nitrogen and oxygen atoms in total. The van der Waals surface area contributed by atoms with Gasteiger partial charge < -0.3 is 9.47 Å². The van der Waals surface area contributed by atoms with Crippen LogP contribution >= 0.6 is 0 Å². The number of hydrogen-bond donors (Lipinski definition) is 0. The van der Waals surface area contributed by atoms with E-state index in [0.717, 1.165) is 4.31 Å². The fraction of sp³-hybridized carbons (Fsp3) is 0.304. The van der Waals surface area contributed by atoms with Gasteiger partial charge >= 0.3 is 0 Å². The highest BCUT2D eigenvalue weighted by molar-refractivity contribution is 7.89. The molecular formula is C23H27N3O6S. The molecule has 10 heteroatoms. The van der Waals surface area contributed by atoms with E-state index in [2.05, 4.69) is 0 Å². The normalized spacial score (nSPS) is 14.2. The Hall–Kier alpha value is -3.37. The number of hydrazine groups is 1. The van der Waals surface area contributed by atoms with Crippen LogP contribution in [0.2, 0.25) is 0 Å². The third-order valence-corrected chi connectivity index (χ3v) is 7.04. The van der Waals surface area contributed by atoms with Gasteiger partial charge in [-0.25, -0.2) is 13.4 Å². The van der Waals surface area contributed by atoms with E-state index < -0.39 is 15.9 Å². The Labute approximate surface area is 193 Å². The third-order valence-electron chi connectivity index (χ3n) is 5.23. The van der Waals surface area contributed by atoms with Gasteiger partial charge in [0.2, 0.25) is 10.0 Å². The SMILES string of the molecule is COc1ccc(OC)c(/C=C/C(=O)N2CCCN2C(=O)CN(C)S(=O)(=O)c2ccccc2)c1. The Bertz CT molecular complexity index is 1130. The summed E-state index contributed by atoms with van der Waals surface area (Å²) in [6.45, 7) is 0.313. The van der Waals surface area contributed by atoms with Gasteiger partial charge in [-0.3, -0.25) is 14.6 Å². The van der Waals surface area contributed by atoms with Crippen LogP contribution in [0.25, 0.3) is 6.08 Å². The van der Waals surface area contributed by atoms with E-state index in [9.17, 15) is 18.0 Å². The molecule has 0 radical (unpaired) electrons. The van der Waals surface area contributed by atoms with Gasteiger partial charge in [-0.05, 0) is 42.8 Å². The molecule has 0 atom stereocenters. The van der Waals surface area contributed by atoms with Crippen molar-refractivity contribution in [1.29, 1.82) is 0 Å². The number of rotatable bonds is 8. The minimum atomic E-state index is -3.82. The first-order valence-corrected chi connectivity index (χ1v) is 11.7. The molecule has 0 bridgehead atoms. The summed E-state index contributed by atoms with van der Waals surface area (Å²) in [6.07, 6.45) is 3.55. The topological polar surface area (TPSA) is 96.5 Å². The van der Waals surface area contributed by atoms with Gasteiger partial charge in [0.05, 0.1) is 25.7 Å². The molecule has 2 amide bonds. The highest BCUT2D eigenvalue weighted by Gasteiger charge is 2.32. The molecule has 2 aromatic carbocycles. The van der Waals surface area contributed by atoms with Crippen molar-refractivity contribution < 1.29 is 27.5 Å². The quantitative estimate of drug-likeness (QED) is 0.544. The lowest BCUT2D eigenvalue weighted by molar-refractivity contribution is -0.154. The summed E-state index contributed by atoms with van der Waals surface area (Å²) in [7, 11) is 0.600. The number of carbonyl (C=O) groups excluding carboxylic acids is 2. The summed E-state index contributed by atoms with van der Waals surface area (Å²) < 4.78 is 36.9. The monoisotopic (exact) mass is 473 g/mol. The van der Waals surface area contributed by atoms with Crippen molar-refractivity contribution in [3.8, 4) is 11.5 Å². The van der Waals surface area contributed by atoms with E-state index in [0.29, 0.717) is 36.6 Å². The summed E-state index contributed by atoms with van der Waals surface area (Å²) in [5, 5.41) is 2.63. The first-order valence-electron chi connectivity index (χ1n) is 10.3. The van der Waals surface area contributed by atoms with Crippen LogP contribution < -0.4 is 9.47 Å². The maximum absolute atomic E-state index is 12.9. The largest absolute Gasteiger partial charge is 0.497 e. The highest BCUT2D eigenvalue weighted by Crippen LogP contribution is 2.25. The van der Waals surface area contributed by atoms with Crippen molar-refractivity contribution in [2.24, 2.45) is 0 Å². The van der Waals surface area contributed by atoms with E-state index in [1.807, 2.05) is 0 Å². The predicted molar refractivity (Wildman–Crippen MR) is 123 cm³/mol. The van der Waals surface area contributed by atoms with Crippen LogP contribution in [0, 0.1) is 0 Å². The van der Waals surface area contributed by atoms with Gasteiger partial charge in [0.25, 0.3) is 11.8 Å². The summed E-state index contributed by atoms with van der Waals surface area (Å²) in [5.74, 6) is 0.319. The average molecular weight is 474 g/mol. The molecule has 0 aromatic heterocycles. The lowest BCUT2D eigenvalue weighted by Gasteiger charge is -2.28. The number of sulfonamides is 1. The van der Waals surface area contributed by atoms with Crippen LogP contribution in [0.15, 0.2) is 59.5 Å². The number of ether oxygens (including phenoxy) is 2. The number of methoxy groups -OCH3 is 2. The fourth-order valence-corrected chi connectivity index (χ4v) is 4.59. The molecule has 0 N–H and O–H groups in total. The molecular weight excluding hydrogens is 446 g/mol. The van der Waals surface area contributed by atoms with Crippen molar-refractivity contribution in [2.75, 3.05) is 40.9 Å². The summed E-state index contributed by atoms with van der Waals surface area (Å²) >= 11 is 0. The molecule has 0 aliphatic carbocycles. The molecule has 1 heterocycles. The fourth-order valence-electron chi connectivity index (χ4n) is 3.45. The minimum absolute atomic E-state index is 0.102. The van der Waals surface area contributed by atoms with Crippen LogP contribution in [0.4, 0.5) is 0 Å². The maximum Gasteiger partial charge on any atom is 0.265 e. The van der Waals surface area contributed by atoms with Gasteiger partial charge in [0.1, 0.15) is 11.5 Å². The van der Waals surface area contributed by atoms with Crippen LogP contribution in [-0.4, -0.2) is 75.5 Å².